The Morgan fingerprint density at radius 3 is 2.65 bits per heavy atom. The van der Waals surface area contributed by atoms with Crippen molar-refractivity contribution in [2.45, 2.75) is 32.6 Å². The summed E-state index contributed by atoms with van der Waals surface area (Å²) in [6, 6.07) is 8.26. The van der Waals surface area contributed by atoms with Gasteiger partial charge >= 0.3 is 0 Å². The fourth-order valence-electron chi connectivity index (χ4n) is 2.52. The molecule has 1 N–H and O–H groups in total. The minimum atomic E-state index is 0.856. The Labute approximate surface area is 105 Å². The van der Waals surface area contributed by atoms with Crippen molar-refractivity contribution in [1.29, 1.82) is 0 Å². The third-order valence-corrected chi connectivity index (χ3v) is 3.59. The van der Waals surface area contributed by atoms with Crippen LogP contribution in [0.5, 0.6) is 5.75 Å². The largest absolute Gasteiger partial charge is 0.493 e. The molecule has 0 bridgehead atoms. The van der Waals surface area contributed by atoms with Crippen molar-refractivity contribution >= 4 is 0 Å². The van der Waals surface area contributed by atoms with Gasteiger partial charge in [0, 0.05) is 6.42 Å². The Hall–Kier alpha value is -1.02. The van der Waals surface area contributed by atoms with Crippen molar-refractivity contribution in [2.24, 2.45) is 0 Å². The molecule has 1 aromatic rings. The van der Waals surface area contributed by atoms with E-state index in [4.69, 9.17) is 4.74 Å². The first-order chi connectivity index (χ1) is 8.36. The van der Waals surface area contributed by atoms with Gasteiger partial charge in [-0.15, -0.1) is 0 Å². The number of para-hydroxylation sites is 1. The molecule has 17 heavy (non-hydrogen) atoms. The second-order valence-electron chi connectivity index (χ2n) is 5.03. The molecule has 1 aliphatic heterocycles. The average Bonchev–Trinajstić information content (AvgIpc) is 2.38. The molecule has 1 heterocycles. The summed E-state index contributed by atoms with van der Waals surface area (Å²) in [7, 11) is 0. The summed E-state index contributed by atoms with van der Waals surface area (Å²) in [5, 5.41) is 0. The molecular formula is C15H24NO+. The van der Waals surface area contributed by atoms with Crippen molar-refractivity contribution < 1.29 is 9.64 Å². The zero-order valence-corrected chi connectivity index (χ0v) is 10.9. The van der Waals surface area contributed by atoms with Crippen LogP contribution in [-0.2, 0) is 0 Å². The van der Waals surface area contributed by atoms with Gasteiger partial charge in [0.15, 0.2) is 0 Å². The molecule has 2 heteroatoms. The van der Waals surface area contributed by atoms with E-state index in [0.29, 0.717) is 0 Å². The monoisotopic (exact) mass is 234 g/mol. The normalized spacial score (nSPS) is 17.0. The highest BCUT2D eigenvalue weighted by Crippen LogP contribution is 2.15. The Morgan fingerprint density at radius 1 is 1.12 bits per heavy atom. The Morgan fingerprint density at radius 2 is 1.88 bits per heavy atom. The van der Waals surface area contributed by atoms with Gasteiger partial charge in [0.05, 0.1) is 26.2 Å². The predicted octanol–water partition coefficient (Wildman–Crippen LogP) is 1.83. The number of hydrogen-bond donors (Lipinski definition) is 1. The molecular weight excluding hydrogens is 210 g/mol. The fraction of sp³-hybridized carbons (Fsp3) is 0.600. The van der Waals surface area contributed by atoms with E-state index >= 15 is 0 Å². The van der Waals surface area contributed by atoms with E-state index < -0.39 is 0 Å². The smallest absolute Gasteiger partial charge is 0.122 e. The molecule has 0 saturated carbocycles. The van der Waals surface area contributed by atoms with Crippen molar-refractivity contribution in [1.82, 2.24) is 0 Å². The molecule has 1 saturated heterocycles. The van der Waals surface area contributed by atoms with Crippen molar-refractivity contribution in [3.8, 4) is 5.75 Å². The molecule has 0 aliphatic carbocycles. The van der Waals surface area contributed by atoms with Crippen molar-refractivity contribution in [2.75, 3.05) is 26.2 Å². The molecule has 2 rings (SSSR count). The standard InChI is InChI=1S/C15H23NO/c1-14-8-3-4-9-15(14)17-13-7-12-16-10-5-2-6-11-16/h3-4,8-9H,2,5-7,10-13H2,1H3/p+1. The fourth-order valence-corrected chi connectivity index (χ4v) is 2.52. The lowest BCUT2D eigenvalue weighted by atomic mass is 10.1. The third kappa shape index (κ3) is 4.04. The highest BCUT2D eigenvalue weighted by atomic mass is 16.5. The Bertz CT molecular complexity index is 331. The van der Waals surface area contributed by atoms with Gasteiger partial charge in [-0.1, -0.05) is 18.2 Å². The Kier molecular flexibility index (Phi) is 4.87. The molecule has 0 unspecified atom stereocenters. The van der Waals surface area contributed by atoms with Gasteiger partial charge in [0.2, 0.25) is 0 Å². The van der Waals surface area contributed by atoms with Crippen LogP contribution < -0.4 is 9.64 Å². The number of benzene rings is 1. The van der Waals surface area contributed by atoms with E-state index in [9.17, 15) is 0 Å². The van der Waals surface area contributed by atoms with Gasteiger partial charge in [-0.05, 0) is 37.8 Å². The molecule has 2 nitrogen and oxygen atoms in total. The van der Waals surface area contributed by atoms with E-state index in [1.807, 2.05) is 6.07 Å². The van der Waals surface area contributed by atoms with E-state index in [2.05, 4.69) is 25.1 Å². The molecule has 1 fully saturated rings. The maximum Gasteiger partial charge on any atom is 0.122 e. The van der Waals surface area contributed by atoms with Crippen LogP contribution in [0.15, 0.2) is 24.3 Å². The molecule has 0 amide bonds. The van der Waals surface area contributed by atoms with Crippen LogP contribution in [0.2, 0.25) is 0 Å². The van der Waals surface area contributed by atoms with Gasteiger partial charge in [0.25, 0.3) is 0 Å². The van der Waals surface area contributed by atoms with Crippen LogP contribution in [0.1, 0.15) is 31.2 Å². The summed E-state index contributed by atoms with van der Waals surface area (Å²) in [4.78, 5) is 1.77. The number of piperidine rings is 1. The number of quaternary nitrogens is 1. The van der Waals surface area contributed by atoms with Crippen LogP contribution in [0.4, 0.5) is 0 Å². The van der Waals surface area contributed by atoms with Crippen LogP contribution in [0.3, 0.4) is 0 Å². The zero-order valence-electron chi connectivity index (χ0n) is 10.9. The van der Waals surface area contributed by atoms with Crippen LogP contribution >= 0.6 is 0 Å². The van der Waals surface area contributed by atoms with Gasteiger partial charge in [-0.25, -0.2) is 0 Å². The van der Waals surface area contributed by atoms with Crippen LogP contribution in [0.25, 0.3) is 0 Å². The highest BCUT2D eigenvalue weighted by molar-refractivity contribution is 5.31. The van der Waals surface area contributed by atoms with E-state index in [-0.39, 0.29) is 0 Å². The average molecular weight is 234 g/mol. The first kappa shape index (κ1) is 12.4. The minimum Gasteiger partial charge on any atom is -0.493 e. The van der Waals surface area contributed by atoms with Gasteiger partial charge < -0.3 is 9.64 Å². The topological polar surface area (TPSA) is 13.7 Å². The second kappa shape index (κ2) is 6.65. The van der Waals surface area contributed by atoms with E-state index in [0.717, 1.165) is 12.4 Å². The molecule has 0 aromatic heterocycles. The van der Waals surface area contributed by atoms with Gasteiger partial charge in [-0.2, -0.15) is 0 Å². The summed E-state index contributed by atoms with van der Waals surface area (Å²) in [6.45, 7) is 6.96. The second-order valence-corrected chi connectivity index (χ2v) is 5.03. The number of nitrogens with one attached hydrogen (secondary N) is 1. The highest BCUT2D eigenvalue weighted by Gasteiger charge is 2.12. The number of hydrogen-bond acceptors (Lipinski definition) is 1. The molecule has 0 radical (unpaired) electrons. The van der Waals surface area contributed by atoms with E-state index in [1.54, 1.807) is 4.90 Å². The third-order valence-electron chi connectivity index (χ3n) is 3.59. The molecule has 0 atom stereocenters. The van der Waals surface area contributed by atoms with Crippen molar-refractivity contribution in [3.63, 3.8) is 0 Å². The summed E-state index contributed by atoms with van der Waals surface area (Å²) in [5.74, 6) is 1.04. The molecule has 1 aromatic carbocycles. The molecule has 94 valence electrons. The quantitative estimate of drug-likeness (QED) is 0.767. The first-order valence-electron chi connectivity index (χ1n) is 6.88. The van der Waals surface area contributed by atoms with Crippen LogP contribution in [-0.4, -0.2) is 26.2 Å². The summed E-state index contributed by atoms with van der Waals surface area (Å²) < 4.78 is 5.81. The minimum absolute atomic E-state index is 0.856. The number of aryl methyl sites for hydroxylation is 1. The number of rotatable bonds is 5. The maximum absolute atomic E-state index is 5.81. The lowest BCUT2D eigenvalue weighted by Crippen LogP contribution is -3.12. The maximum atomic E-state index is 5.81. The Balaban J connectivity index is 1.64. The van der Waals surface area contributed by atoms with Crippen LogP contribution in [0, 0.1) is 6.92 Å². The molecule has 1 aliphatic rings. The van der Waals surface area contributed by atoms with Gasteiger partial charge in [0.1, 0.15) is 5.75 Å². The number of ether oxygens (including phenoxy) is 1. The predicted molar refractivity (Wildman–Crippen MR) is 70.7 cm³/mol. The summed E-state index contributed by atoms with van der Waals surface area (Å²) in [6.07, 6.45) is 5.43. The summed E-state index contributed by atoms with van der Waals surface area (Å²) >= 11 is 0. The molecule has 0 spiro atoms. The van der Waals surface area contributed by atoms with E-state index in [1.165, 1.54) is 50.9 Å². The lowest BCUT2D eigenvalue weighted by molar-refractivity contribution is -0.905. The first-order valence-corrected chi connectivity index (χ1v) is 6.88. The number of likely N-dealkylation sites (tertiary alicyclic amines) is 1. The van der Waals surface area contributed by atoms with Gasteiger partial charge in [-0.3, -0.25) is 0 Å². The summed E-state index contributed by atoms with van der Waals surface area (Å²) in [5.41, 5.74) is 1.23. The zero-order chi connectivity index (χ0) is 11.9. The van der Waals surface area contributed by atoms with Crippen molar-refractivity contribution in [3.05, 3.63) is 29.8 Å². The lowest BCUT2D eigenvalue weighted by Gasteiger charge is -2.23. The SMILES string of the molecule is Cc1ccccc1OCCC[NH+]1CCCCC1.